The largest absolute Gasteiger partial charge is 0.550 e. The maximum absolute atomic E-state index is 6.30. The number of fused-ring (bicyclic) bond motifs is 5. The number of hydrogen-bond donors (Lipinski definition) is 0. The second kappa shape index (κ2) is 4.52. The van der Waals surface area contributed by atoms with E-state index in [2.05, 4.69) is 23.6 Å². The van der Waals surface area contributed by atoms with E-state index in [-0.39, 0.29) is 6.92 Å². The molecule has 1 aliphatic rings. The highest BCUT2D eigenvalue weighted by Crippen LogP contribution is 2.40. The molecular formula is C18H11BO2S. The van der Waals surface area contributed by atoms with Crippen LogP contribution in [-0.2, 0) is 0 Å². The summed E-state index contributed by atoms with van der Waals surface area (Å²) in [5, 5.41) is 3.18. The van der Waals surface area contributed by atoms with Crippen molar-refractivity contribution in [3.05, 3.63) is 66.0 Å². The summed E-state index contributed by atoms with van der Waals surface area (Å²) in [4.78, 5) is 1.08. The number of thiophene rings is 1. The molecule has 0 spiro atoms. The van der Waals surface area contributed by atoms with Crippen molar-refractivity contribution >= 4 is 40.1 Å². The Morgan fingerprint density at radius 1 is 0.864 bits per heavy atom. The maximum atomic E-state index is 6.30. The lowest BCUT2D eigenvalue weighted by Gasteiger charge is -2.21. The van der Waals surface area contributed by atoms with Crippen molar-refractivity contribution in [2.45, 2.75) is 0 Å². The monoisotopic (exact) mass is 302 g/mol. The molecule has 22 heavy (non-hydrogen) atoms. The number of para-hydroxylation sites is 1. The molecule has 4 heteroatoms. The van der Waals surface area contributed by atoms with Crippen LogP contribution in [0.3, 0.4) is 0 Å². The molecule has 0 radical (unpaired) electrons. The third kappa shape index (κ3) is 1.61. The highest BCUT2D eigenvalue weighted by molar-refractivity contribution is 7.14. The van der Waals surface area contributed by atoms with E-state index in [0.29, 0.717) is 0 Å². The van der Waals surface area contributed by atoms with Gasteiger partial charge in [0.1, 0.15) is 22.0 Å². The minimum Gasteiger partial charge on any atom is -0.550 e. The lowest BCUT2D eigenvalue weighted by atomic mass is 9.53. The van der Waals surface area contributed by atoms with Crippen molar-refractivity contribution < 1.29 is 9.07 Å². The molecule has 5 rings (SSSR count). The average molecular weight is 302 g/mol. The van der Waals surface area contributed by atoms with E-state index in [1.165, 1.54) is 0 Å². The lowest BCUT2D eigenvalue weighted by Crippen LogP contribution is -2.49. The first kappa shape index (κ1) is 12.1. The number of furan rings is 1. The second-order valence-corrected chi connectivity index (χ2v) is 6.28. The van der Waals surface area contributed by atoms with Crippen LogP contribution in [0.1, 0.15) is 0 Å². The van der Waals surface area contributed by atoms with Crippen LogP contribution in [0, 0.1) is 0 Å². The zero-order valence-corrected chi connectivity index (χ0v) is 12.5. The summed E-state index contributed by atoms with van der Waals surface area (Å²) in [7, 11) is 0. The van der Waals surface area contributed by atoms with Crippen LogP contribution in [0.5, 0.6) is 5.75 Å². The molecule has 4 aromatic rings. The standard InChI is InChI=1S/C18H11BO2S/c1-2-6-12(7-3-1)19-16-13-8-4-5-9-14(13)20-17(16)18-15(21-19)10-11-22-18/h1-11H. The van der Waals surface area contributed by atoms with Gasteiger partial charge in [0.2, 0.25) is 0 Å². The third-order valence-electron chi connectivity index (χ3n) is 4.08. The molecule has 0 unspecified atom stereocenters. The molecule has 0 saturated heterocycles. The van der Waals surface area contributed by atoms with Crippen molar-refractivity contribution in [1.82, 2.24) is 0 Å². The smallest absolute Gasteiger partial charge is 0.431 e. The first-order valence-electron chi connectivity index (χ1n) is 7.23. The van der Waals surface area contributed by atoms with Crippen molar-refractivity contribution in [3.63, 3.8) is 0 Å². The maximum Gasteiger partial charge on any atom is 0.431 e. The van der Waals surface area contributed by atoms with E-state index in [1.54, 1.807) is 11.3 Å². The Hall–Kier alpha value is -2.46. The van der Waals surface area contributed by atoms with E-state index >= 15 is 0 Å². The molecule has 0 atom stereocenters. The number of hydrogen-bond acceptors (Lipinski definition) is 3. The van der Waals surface area contributed by atoms with Gasteiger partial charge in [-0.25, -0.2) is 0 Å². The summed E-state index contributed by atoms with van der Waals surface area (Å²) in [6, 6.07) is 20.5. The predicted molar refractivity (Wildman–Crippen MR) is 91.6 cm³/mol. The molecule has 0 aliphatic carbocycles. The fourth-order valence-electron chi connectivity index (χ4n) is 3.10. The minimum atomic E-state index is -0.123. The van der Waals surface area contributed by atoms with Crippen LogP contribution < -0.4 is 15.6 Å². The van der Waals surface area contributed by atoms with Crippen LogP contribution in [0.25, 0.3) is 21.6 Å². The predicted octanol–water partition coefficient (Wildman–Crippen LogP) is 3.66. The Morgan fingerprint density at radius 2 is 1.68 bits per heavy atom. The second-order valence-electron chi connectivity index (χ2n) is 5.36. The van der Waals surface area contributed by atoms with E-state index < -0.39 is 0 Å². The Kier molecular flexibility index (Phi) is 2.49. The van der Waals surface area contributed by atoms with Crippen molar-refractivity contribution in [1.29, 1.82) is 0 Å². The summed E-state index contributed by atoms with van der Waals surface area (Å²) in [5.41, 5.74) is 3.20. The molecule has 0 N–H and O–H groups in total. The summed E-state index contributed by atoms with van der Waals surface area (Å²) < 4.78 is 12.5. The molecule has 2 aromatic carbocycles. The van der Waals surface area contributed by atoms with Gasteiger partial charge in [0, 0.05) is 10.8 Å². The summed E-state index contributed by atoms with van der Waals surface area (Å²) >= 11 is 1.66. The van der Waals surface area contributed by atoms with Crippen LogP contribution in [0.15, 0.2) is 70.5 Å². The summed E-state index contributed by atoms with van der Waals surface area (Å²) in [6.45, 7) is -0.123. The molecule has 104 valence electrons. The van der Waals surface area contributed by atoms with Crippen molar-refractivity contribution in [2.24, 2.45) is 0 Å². The fraction of sp³-hybridized carbons (Fsp3) is 0. The summed E-state index contributed by atoms with van der Waals surface area (Å²) in [5.74, 6) is 1.86. The molecule has 0 fully saturated rings. The molecule has 1 aliphatic heterocycles. The lowest BCUT2D eigenvalue weighted by molar-refractivity contribution is 0.577. The van der Waals surface area contributed by atoms with Crippen LogP contribution in [0.4, 0.5) is 0 Å². The third-order valence-corrected chi connectivity index (χ3v) is 4.97. The number of benzene rings is 2. The van der Waals surface area contributed by atoms with Crippen LogP contribution >= 0.6 is 11.3 Å². The molecule has 0 bridgehead atoms. The van der Waals surface area contributed by atoms with Crippen molar-refractivity contribution in [2.75, 3.05) is 0 Å². The van der Waals surface area contributed by atoms with E-state index in [1.807, 2.05) is 42.5 Å². The average Bonchev–Trinajstić information content (AvgIpc) is 3.19. The quantitative estimate of drug-likeness (QED) is 0.501. The summed E-state index contributed by atoms with van der Waals surface area (Å²) in [6.07, 6.45) is 0. The Morgan fingerprint density at radius 3 is 2.59 bits per heavy atom. The van der Waals surface area contributed by atoms with Gasteiger partial charge < -0.3 is 9.07 Å². The fourth-order valence-corrected chi connectivity index (χ4v) is 3.92. The highest BCUT2D eigenvalue weighted by Gasteiger charge is 2.37. The molecule has 0 saturated carbocycles. The molecule has 0 amide bonds. The van der Waals surface area contributed by atoms with Gasteiger partial charge in [0.25, 0.3) is 0 Å². The first-order valence-corrected chi connectivity index (χ1v) is 8.10. The minimum absolute atomic E-state index is 0.123. The van der Waals surface area contributed by atoms with Gasteiger partial charge in [-0.1, -0.05) is 48.5 Å². The SMILES string of the molecule is c1ccc(B2Oc3ccsc3-c3oc4ccccc4c32)cc1. The Bertz CT molecular complexity index is 971. The van der Waals surface area contributed by atoms with E-state index in [9.17, 15) is 0 Å². The van der Waals surface area contributed by atoms with E-state index in [4.69, 9.17) is 9.07 Å². The molecule has 3 heterocycles. The van der Waals surface area contributed by atoms with Gasteiger partial charge in [0.15, 0.2) is 0 Å². The zero-order chi connectivity index (χ0) is 14.5. The van der Waals surface area contributed by atoms with Crippen LogP contribution in [0.2, 0.25) is 0 Å². The van der Waals surface area contributed by atoms with Gasteiger partial charge in [-0.2, -0.15) is 0 Å². The van der Waals surface area contributed by atoms with Crippen molar-refractivity contribution in [3.8, 4) is 16.4 Å². The highest BCUT2D eigenvalue weighted by atomic mass is 32.1. The van der Waals surface area contributed by atoms with Gasteiger partial charge >= 0.3 is 6.92 Å². The number of rotatable bonds is 1. The van der Waals surface area contributed by atoms with Crippen LogP contribution in [-0.4, -0.2) is 6.92 Å². The molecular weight excluding hydrogens is 291 g/mol. The van der Waals surface area contributed by atoms with Gasteiger partial charge in [-0.05, 0) is 23.0 Å². The normalized spacial score (nSPS) is 12.8. The zero-order valence-electron chi connectivity index (χ0n) is 11.7. The van der Waals surface area contributed by atoms with E-state index in [0.717, 1.165) is 38.3 Å². The Balaban J connectivity index is 1.85. The van der Waals surface area contributed by atoms with Gasteiger partial charge in [0.05, 0.1) is 0 Å². The topological polar surface area (TPSA) is 22.4 Å². The Labute approximate surface area is 132 Å². The molecule has 2 aromatic heterocycles. The van der Waals surface area contributed by atoms with Gasteiger partial charge in [-0.15, -0.1) is 11.3 Å². The molecule has 2 nitrogen and oxygen atoms in total. The first-order chi connectivity index (χ1) is 10.9. The van der Waals surface area contributed by atoms with Gasteiger partial charge in [-0.3, -0.25) is 0 Å².